The average molecular weight is 290 g/mol. The van der Waals surface area contributed by atoms with E-state index < -0.39 is 5.60 Å². The second kappa shape index (κ2) is 6.48. The largest absolute Gasteiger partial charge is 0.390 e. The molecule has 0 atom stereocenters. The van der Waals surface area contributed by atoms with Crippen LogP contribution in [0.2, 0.25) is 0 Å². The van der Waals surface area contributed by atoms with Crippen molar-refractivity contribution in [1.82, 2.24) is 4.90 Å². The van der Waals surface area contributed by atoms with E-state index in [1.165, 1.54) is 11.3 Å². The van der Waals surface area contributed by atoms with Crippen LogP contribution >= 0.6 is 0 Å². The molecule has 1 aliphatic rings. The summed E-state index contributed by atoms with van der Waals surface area (Å²) in [5, 5.41) is 9.91. The Hall–Kier alpha value is -1.55. The Morgan fingerprint density at radius 2 is 1.81 bits per heavy atom. The number of hydrogen-bond donors (Lipinski definition) is 1. The molecule has 0 aromatic heterocycles. The summed E-state index contributed by atoms with van der Waals surface area (Å²) in [6.07, 6.45) is 2.68. The molecule has 1 aliphatic heterocycles. The molecule has 0 saturated carbocycles. The first-order valence-corrected chi connectivity index (χ1v) is 7.64. The van der Waals surface area contributed by atoms with Gasteiger partial charge in [-0.1, -0.05) is 12.1 Å². The standard InChI is InChI=1S/C17H26N2O2/c1-17(21)10-12-19(13-11-17)16(20)9-6-14-4-7-15(8-5-14)18(2)3/h4-5,7-8,21H,6,9-13H2,1-3H3. The van der Waals surface area contributed by atoms with Crippen LogP contribution in [-0.2, 0) is 11.2 Å². The number of piperidine rings is 1. The minimum atomic E-state index is -0.598. The summed E-state index contributed by atoms with van der Waals surface area (Å²) in [6.45, 7) is 3.19. The number of rotatable bonds is 4. The Kier molecular flexibility index (Phi) is 4.88. The summed E-state index contributed by atoms with van der Waals surface area (Å²) < 4.78 is 0. The smallest absolute Gasteiger partial charge is 0.222 e. The zero-order chi connectivity index (χ0) is 15.5. The molecule has 1 saturated heterocycles. The van der Waals surface area contributed by atoms with Crippen molar-refractivity contribution in [2.75, 3.05) is 32.1 Å². The van der Waals surface area contributed by atoms with Crippen LogP contribution in [0, 0.1) is 0 Å². The van der Waals surface area contributed by atoms with Crippen molar-refractivity contribution in [2.24, 2.45) is 0 Å². The van der Waals surface area contributed by atoms with Gasteiger partial charge in [-0.3, -0.25) is 4.79 Å². The van der Waals surface area contributed by atoms with E-state index >= 15 is 0 Å². The molecule has 0 bridgehead atoms. The SMILES string of the molecule is CN(C)c1ccc(CCC(=O)N2CCC(C)(O)CC2)cc1. The zero-order valence-electron chi connectivity index (χ0n) is 13.3. The molecule has 116 valence electrons. The first-order chi connectivity index (χ1) is 9.87. The minimum Gasteiger partial charge on any atom is -0.390 e. The van der Waals surface area contributed by atoms with Crippen molar-refractivity contribution in [3.63, 3.8) is 0 Å². The molecular weight excluding hydrogens is 264 g/mol. The van der Waals surface area contributed by atoms with Crippen LogP contribution in [0.1, 0.15) is 31.7 Å². The van der Waals surface area contributed by atoms with Gasteiger partial charge >= 0.3 is 0 Å². The Labute approximate surface area is 127 Å². The lowest BCUT2D eigenvalue weighted by Crippen LogP contribution is -2.45. The number of amides is 1. The number of aryl methyl sites for hydroxylation is 1. The lowest BCUT2D eigenvalue weighted by molar-refractivity contribution is -0.134. The predicted octanol–water partition coefficient (Wildman–Crippen LogP) is 2.06. The topological polar surface area (TPSA) is 43.8 Å². The summed E-state index contributed by atoms with van der Waals surface area (Å²) in [6, 6.07) is 8.34. The monoisotopic (exact) mass is 290 g/mol. The molecule has 1 aromatic carbocycles. The molecular formula is C17H26N2O2. The lowest BCUT2D eigenvalue weighted by atomic mass is 9.93. The number of benzene rings is 1. The number of carbonyl (C=O) groups is 1. The highest BCUT2D eigenvalue weighted by atomic mass is 16.3. The van der Waals surface area contributed by atoms with Crippen LogP contribution in [-0.4, -0.2) is 48.7 Å². The second-order valence-electron chi connectivity index (χ2n) is 6.44. The van der Waals surface area contributed by atoms with Crippen LogP contribution in [0.25, 0.3) is 0 Å². The summed E-state index contributed by atoms with van der Waals surface area (Å²) >= 11 is 0. The Morgan fingerprint density at radius 1 is 1.24 bits per heavy atom. The van der Waals surface area contributed by atoms with E-state index in [0.29, 0.717) is 32.4 Å². The second-order valence-corrected chi connectivity index (χ2v) is 6.44. The van der Waals surface area contributed by atoms with Gasteiger partial charge in [-0.2, -0.15) is 0 Å². The molecule has 2 rings (SSSR count). The van der Waals surface area contributed by atoms with E-state index in [0.717, 1.165) is 6.42 Å². The van der Waals surface area contributed by atoms with E-state index in [-0.39, 0.29) is 5.91 Å². The van der Waals surface area contributed by atoms with E-state index in [1.54, 1.807) is 0 Å². The third kappa shape index (κ3) is 4.46. The van der Waals surface area contributed by atoms with Crippen LogP contribution in [0.3, 0.4) is 0 Å². The third-order valence-electron chi connectivity index (χ3n) is 4.27. The fourth-order valence-corrected chi connectivity index (χ4v) is 2.61. The van der Waals surface area contributed by atoms with Gasteiger partial charge < -0.3 is 14.9 Å². The molecule has 1 amide bonds. The fourth-order valence-electron chi connectivity index (χ4n) is 2.61. The number of hydrogen-bond acceptors (Lipinski definition) is 3. The summed E-state index contributed by atoms with van der Waals surface area (Å²) in [4.78, 5) is 16.1. The van der Waals surface area contributed by atoms with Crippen molar-refractivity contribution in [1.29, 1.82) is 0 Å². The van der Waals surface area contributed by atoms with Gasteiger partial charge in [-0.15, -0.1) is 0 Å². The van der Waals surface area contributed by atoms with Gasteiger partial charge in [-0.05, 0) is 43.9 Å². The van der Waals surface area contributed by atoms with E-state index in [2.05, 4.69) is 29.2 Å². The van der Waals surface area contributed by atoms with Crippen molar-refractivity contribution >= 4 is 11.6 Å². The molecule has 0 radical (unpaired) electrons. The van der Waals surface area contributed by atoms with Gasteiger partial charge in [0, 0.05) is 39.3 Å². The van der Waals surface area contributed by atoms with Gasteiger partial charge in [0.25, 0.3) is 0 Å². The molecule has 0 unspecified atom stereocenters. The Balaban J connectivity index is 1.81. The molecule has 1 N–H and O–H groups in total. The van der Waals surface area contributed by atoms with Gasteiger partial charge in [0.15, 0.2) is 0 Å². The number of aliphatic hydroxyl groups is 1. The molecule has 4 nitrogen and oxygen atoms in total. The number of anilines is 1. The summed E-state index contributed by atoms with van der Waals surface area (Å²) in [5.74, 6) is 0.196. The van der Waals surface area contributed by atoms with Crippen molar-refractivity contribution in [2.45, 2.75) is 38.2 Å². The molecule has 1 fully saturated rings. The van der Waals surface area contributed by atoms with E-state index in [9.17, 15) is 9.90 Å². The minimum absolute atomic E-state index is 0.196. The molecule has 0 aliphatic carbocycles. The van der Waals surface area contributed by atoms with Gasteiger partial charge in [0.1, 0.15) is 0 Å². The normalized spacial score (nSPS) is 17.6. The summed E-state index contributed by atoms with van der Waals surface area (Å²) in [7, 11) is 4.04. The maximum Gasteiger partial charge on any atom is 0.222 e. The first kappa shape index (κ1) is 15.8. The van der Waals surface area contributed by atoms with E-state index in [1.807, 2.05) is 25.9 Å². The highest BCUT2D eigenvalue weighted by molar-refractivity contribution is 5.76. The molecule has 21 heavy (non-hydrogen) atoms. The molecule has 0 spiro atoms. The van der Waals surface area contributed by atoms with E-state index in [4.69, 9.17) is 0 Å². The number of likely N-dealkylation sites (tertiary alicyclic amines) is 1. The van der Waals surface area contributed by atoms with Crippen molar-refractivity contribution in [3.8, 4) is 0 Å². The Morgan fingerprint density at radius 3 is 2.33 bits per heavy atom. The first-order valence-electron chi connectivity index (χ1n) is 7.64. The third-order valence-corrected chi connectivity index (χ3v) is 4.27. The molecule has 1 aromatic rings. The maximum atomic E-state index is 12.2. The van der Waals surface area contributed by atoms with Crippen LogP contribution in [0.15, 0.2) is 24.3 Å². The van der Waals surface area contributed by atoms with Crippen molar-refractivity contribution < 1.29 is 9.90 Å². The lowest BCUT2D eigenvalue weighted by Gasteiger charge is -2.35. The zero-order valence-corrected chi connectivity index (χ0v) is 13.3. The summed E-state index contributed by atoms with van der Waals surface area (Å²) in [5.41, 5.74) is 1.76. The number of nitrogens with zero attached hydrogens (tertiary/aromatic N) is 2. The Bertz CT molecular complexity index is 470. The van der Waals surface area contributed by atoms with Crippen LogP contribution in [0.4, 0.5) is 5.69 Å². The molecule has 1 heterocycles. The van der Waals surface area contributed by atoms with Gasteiger partial charge in [0.2, 0.25) is 5.91 Å². The average Bonchev–Trinajstić information content (AvgIpc) is 2.45. The molecule has 4 heteroatoms. The van der Waals surface area contributed by atoms with Gasteiger partial charge in [-0.25, -0.2) is 0 Å². The van der Waals surface area contributed by atoms with Crippen molar-refractivity contribution in [3.05, 3.63) is 29.8 Å². The van der Waals surface area contributed by atoms with Crippen LogP contribution in [0.5, 0.6) is 0 Å². The van der Waals surface area contributed by atoms with Crippen LogP contribution < -0.4 is 4.90 Å². The predicted molar refractivity (Wildman–Crippen MR) is 85.5 cm³/mol. The number of carbonyl (C=O) groups excluding carboxylic acids is 1. The highest BCUT2D eigenvalue weighted by Gasteiger charge is 2.29. The highest BCUT2D eigenvalue weighted by Crippen LogP contribution is 2.22. The van der Waals surface area contributed by atoms with Gasteiger partial charge in [0.05, 0.1) is 5.60 Å². The fraction of sp³-hybridized carbons (Fsp3) is 0.588. The maximum absolute atomic E-state index is 12.2. The quantitative estimate of drug-likeness (QED) is 0.923.